The third-order valence-electron chi connectivity index (χ3n) is 4.31. The lowest BCUT2D eigenvalue weighted by atomic mass is 9.80. The van der Waals surface area contributed by atoms with Crippen molar-refractivity contribution in [1.29, 1.82) is 0 Å². The Kier molecular flexibility index (Phi) is 4.62. The van der Waals surface area contributed by atoms with E-state index in [1.54, 1.807) is 0 Å². The number of Topliss-reactive ketones (excluding diaryl/α,β-unsaturated/α-hetero) is 1. The van der Waals surface area contributed by atoms with E-state index in [0.29, 0.717) is 12.5 Å². The average molecular weight is 259 g/mol. The summed E-state index contributed by atoms with van der Waals surface area (Å²) in [6, 6.07) is 8.51. The largest absolute Gasteiger partial charge is 0.382 e. The number of carbonyl (C=O) groups is 1. The zero-order valence-electron chi connectivity index (χ0n) is 12.3. The van der Waals surface area contributed by atoms with Crippen LogP contribution in [0.25, 0.3) is 0 Å². The van der Waals surface area contributed by atoms with Gasteiger partial charge in [-0.15, -0.1) is 0 Å². The fraction of sp³-hybridized carbons (Fsp3) is 0.588. The molecule has 1 saturated carbocycles. The van der Waals surface area contributed by atoms with Crippen molar-refractivity contribution in [3.8, 4) is 0 Å². The van der Waals surface area contributed by atoms with Crippen LogP contribution < -0.4 is 5.32 Å². The molecule has 2 heteroatoms. The van der Waals surface area contributed by atoms with Gasteiger partial charge >= 0.3 is 0 Å². The highest BCUT2D eigenvalue weighted by Crippen LogP contribution is 2.30. The van der Waals surface area contributed by atoms with Crippen molar-refractivity contribution in [2.75, 3.05) is 5.32 Å². The molecule has 1 aromatic rings. The van der Waals surface area contributed by atoms with Crippen LogP contribution in [0.2, 0.25) is 0 Å². The normalized spacial score (nSPS) is 27.0. The quantitative estimate of drug-likeness (QED) is 0.806. The van der Waals surface area contributed by atoms with E-state index >= 15 is 0 Å². The first-order valence-corrected chi connectivity index (χ1v) is 7.50. The molecule has 0 aromatic heterocycles. The molecule has 0 aliphatic heterocycles. The van der Waals surface area contributed by atoms with Gasteiger partial charge in [0.2, 0.25) is 0 Å². The van der Waals surface area contributed by atoms with Crippen molar-refractivity contribution in [3.63, 3.8) is 0 Å². The van der Waals surface area contributed by atoms with Crippen LogP contribution in [0.15, 0.2) is 24.3 Å². The Hall–Kier alpha value is -1.31. The number of nitrogens with one attached hydrogen (secondary N) is 1. The Morgan fingerprint density at radius 3 is 2.47 bits per heavy atom. The minimum atomic E-state index is 0.214. The van der Waals surface area contributed by atoms with Gasteiger partial charge in [-0.3, -0.25) is 4.79 Å². The maximum Gasteiger partial charge on any atom is 0.162 e. The molecular weight excluding hydrogens is 234 g/mol. The second kappa shape index (κ2) is 6.23. The molecule has 1 aromatic carbocycles. The van der Waals surface area contributed by atoms with E-state index < -0.39 is 0 Å². The molecule has 0 bridgehead atoms. The van der Waals surface area contributed by atoms with Crippen LogP contribution in [0.1, 0.15) is 56.8 Å². The molecule has 1 aliphatic rings. The molecule has 0 radical (unpaired) electrons. The molecule has 3 atom stereocenters. The van der Waals surface area contributed by atoms with E-state index in [1.807, 2.05) is 31.2 Å². The van der Waals surface area contributed by atoms with Crippen LogP contribution in [0, 0.1) is 11.8 Å². The summed E-state index contributed by atoms with van der Waals surface area (Å²) in [5.74, 6) is 1.80. The highest BCUT2D eigenvalue weighted by atomic mass is 16.1. The van der Waals surface area contributed by atoms with Crippen molar-refractivity contribution < 1.29 is 4.79 Å². The fourth-order valence-corrected chi connectivity index (χ4v) is 3.05. The third-order valence-corrected chi connectivity index (χ3v) is 4.31. The number of hydrogen-bond donors (Lipinski definition) is 1. The second-order valence-electron chi connectivity index (χ2n) is 6.00. The number of ketones is 1. The molecule has 0 amide bonds. The van der Waals surface area contributed by atoms with Gasteiger partial charge in [0.25, 0.3) is 0 Å². The first-order chi connectivity index (χ1) is 9.10. The van der Waals surface area contributed by atoms with Crippen molar-refractivity contribution in [2.24, 2.45) is 11.8 Å². The SMILES string of the molecule is CCC(=O)c1ccc(NC2CCC(C)CC2C)cc1. The van der Waals surface area contributed by atoms with Crippen molar-refractivity contribution >= 4 is 11.5 Å². The van der Waals surface area contributed by atoms with E-state index in [1.165, 1.54) is 19.3 Å². The molecule has 2 nitrogen and oxygen atoms in total. The van der Waals surface area contributed by atoms with Gasteiger partial charge < -0.3 is 5.32 Å². The van der Waals surface area contributed by atoms with Gasteiger partial charge in [0.15, 0.2) is 5.78 Å². The molecule has 1 fully saturated rings. The van der Waals surface area contributed by atoms with E-state index in [0.717, 1.165) is 23.1 Å². The van der Waals surface area contributed by atoms with Crippen LogP contribution in [-0.4, -0.2) is 11.8 Å². The van der Waals surface area contributed by atoms with Gasteiger partial charge in [-0.25, -0.2) is 0 Å². The summed E-state index contributed by atoms with van der Waals surface area (Å²) in [5.41, 5.74) is 1.96. The van der Waals surface area contributed by atoms with Crippen LogP contribution in [0.3, 0.4) is 0 Å². The van der Waals surface area contributed by atoms with Crippen LogP contribution in [0.5, 0.6) is 0 Å². The van der Waals surface area contributed by atoms with Gasteiger partial charge in [-0.2, -0.15) is 0 Å². The molecule has 3 unspecified atom stereocenters. The van der Waals surface area contributed by atoms with Gasteiger partial charge in [-0.1, -0.05) is 20.8 Å². The Morgan fingerprint density at radius 2 is 1.89 bits per heavy atom. The molecular formula is C17H25NO. The number of anilines is 1. The molecule has 0 saturated heterocycles. The molecule has 19 heavy (non-hydrogen) atoms. The predicted molar refractivity (Wildman–Crippen MR) is 80.7 cm³/mol. The zero-order valence-corrected chi connectivity index (χ0v) is 12.3. The Morgan fingerprint density at radius 1 is 1.21 bits per heavy atom. The van der Waals surface area contributed by atoms with E-state index in [9.17, 15) is 4.79 Å². The molecule has 1 N–H and O–H groups in total. The minimum Gasteiger partial charge on any atom is -0.382 e. The molecule has 1 aliphatic carbocycles. The zero-order chi connectivity index (χ0) is 13.8. The average Bonchev–Trinajstić information content (AvgIpc) is 2.42. The molecule has 104 valence electrons. The smallest absolute Gasteiger partial charge is 0.162 e. The lowest BCUT2D eigenvalue weighted by Gasteiger charge is -2.33. The predicted octanol–water partition coefficient (Wildman–Crippen LogP) is 4.52. The maximum absolute atomic E-state index is 11.6. The van der Waals surface area contributed by atoms with Crippen molar-refractivity contribution in [3.05, 3.63) is 29.8 Å². The highest BCUT2D eigenvalue weighted by Gasteiger charge is 2.24. The number of rotatable bonds is 4. The van der Waals surface area contributed by atoms with E-state index in [4.69, 9.17) is 0 Å². The summed E-state index contributed by atoms with van der Waals surface area (Å²) < 4.78 is 0. The second-order valence-corrected chi connectivity index (χ2v) is 6.00. The van der Waals surface area contributed by atoms with Crippen molar-refractivity contribution in [2.45, 2.75) is 52.5 Å². The highest BCUT2D eigenvalue weighted by molar-refractivity contribution is 5.96. The Balaban J connectivity index is 1.98. The summed E-state index contributed by atoms with van der Waals surface area (Å²) in [7, 11) is 0. The summed E-state index contributed by atoms with van der Waals surface area (Å²) >= 11 is 0. The van der Waals surface area contributed by atoms with Gasteiger partial charge in [0.1, 0.15) is 0 Å². The lowest BCUT2D eigenvalue weighted by molar-refractivity contribution is 0.0988. The molecule has 0 heterocycles. The van der Waals surface area contributed by atoms with E-state index in [-0.39, 0.29) is 5.78 Å². The summed E-state index contributed by atoms with van der Waals surface area (Å²) in [5, 5.41) is 3.62. The summed E-state index contributed by atoms with van der Waals surface area (Å²) in [4.78, 5) is 11.6. The minimum absolute atomic E-state index is 0.214. The molecule has 0 spiro atoms. The summed E-state index contributed by atoms with van der Waals surface area (Å²) in [6.45, 7) is 6.58. The number of benzene rings is 1. The Labute approximate surface area is 116 Å². The van der Waals surface area contributed by atoms with Gasteiger partial charge in [0.05, 0.1) is 0 Å². The van der Waals surface area contributed by atoms with Gasteiger partial charge in [-0.05, 0) is 55.4 Å². The topological polar surface area (TPSA) is 29.1 Å². The van der Waals surface area contributed by atoms with Crippen LogP contribution in [-0.2, 0) is 0 Å². The monoisotopic (exact) mass is 259 g/mol. The lowest BCUT2D eigenvalue weighted by Crippen LogP contribution is -2.32. The maximum atomic E-state index is 11.6. The summed E-state index contributed by atoms with van der Waals surface area (Å²) in [6.07, 6.45) is 4.45. The number of carbonyl (C=O) groups excluding carboxylic acids is 1. The standard InChI is InChI=1S/C17H25NO/c1-4-17(19)14-6-8-15(9-7-14)18-16-10-5-12(2)11-13(16)3/h6-9,12-13,16,18H,4-5,10-11H2,1-3H3. The number of hydrogen-bond acceptors (Lipinski definition) is 2. The first kappa shape index (κ1) is 14.1. The first-order valence-electron chi connectivity index (χ1n) is 7.50. The fourth-order valence-electron chi connectivity index (χ4n) is 3.05. The van der Waals surface area contributed by atoms with Gasteiger partial charge in [0, 0.05) is 23.7 Å². The van der Waals surface area contributed by atoms with Crippen LogP contribution in [0.4, 0.5) is 5.69 Å². The van der Waals surface area contributed by atoms with E-state index in [2.05, 4.69) is 19.2 Å². The third kappa shape index (κ3) is 3.59. The Bertz CT molecular complexity index is 423. The van der Waals surface area contributed by atoms with Crippen molar-refractivity contribution in [1.82, 2.24) is 0 Å². The van der Waals surface area contributed by atoms with Crippen LogP contribution >= 0.6 is 0 Å². The molecule has 2 rings (SSSR count).